The van der Waals surface area contributed by atoms with Gasteiger partial charge in [0, 0.05) is 23.8 Å². The number of nitrogens with one attached hydrogen (secondary N) is 2. The normalized spacial score (nSPS) is 11.0. The second-order valence-corrected chi connectivity index (χ2v) is 9.18. The summed E-state index contributed by atoms with van der Waals surface area (Å²) in [4.78, 5) is 32.2. The van der Waals surface area contributed by atoms with Crippen LogP contribution in [0.15, 0.2) is 57.7 Å². The maximum absolute atomic E-state index is 12.3. The van der Waals surface area contributed by atoms with Crippen molar-refractivity contribution in [3.63, 3.8) is 0 Å². The number of thiazole rings is 2. The number of carbonyl (C=O) groups excluding carboxylic acids is 2. The number of nitrogens with zero attached hydrogens (tertiary/aromatic N) is 2. The van der Waals surface area contributed by atoms with Gasteiger partial charge >= 0.3 is 0 Å². The van der Waals surface area contributed by atoms with Crippen molar-refractivity contribution < 1.29 is 18.7 Å². The quantitative estimate of drug-likeness (QED) is 0.316. The number of benzene rings is 1. The lowest BCUT2D eigenvalue weighted by Crippen LogP contribution is -2.18. The third-order valence-corrected chi connectivity index (χ3v) is 6.08. The number of furan rings is 1. The van der Waals surface area contributed by atoms with Crippen LogP contribution in [-0.2, 0) is 22.7 Å². The summed E-state index contributed by atoms with van der Waals surface area (Å²) in [7, 11) is 0. The zero-order valence-electron chi connectivity index (χ0n) is 18.5. The largest absolute Gasteiger partial charge is 0.487 e. The van der Waals surface area contributed by atoms with Crippen LogP contribution in [0.5, 0.6) is 5.75 Å². The van der Waals surface area contributed by atoms with Gasteiger partial charge in [-0.15, -0.1) is 22.7 Å². The Hall–Kier alpha value is -3.76. The molecule has 34 heavy (non-hydrogen) atoms. The smallest absolute Gasteiger partial charge is 0.250 e. The Kier molecular flexibility index (Phi) is 7.51. The van der Waals surface area contributed by atoms with Crippen molar-refractivity contribution in [2.75, 3.05) is 5.32 Å². The molecule has 3 aromatic heterocycles. The van der Waals surface area contributed by atoms with Crippen LogP contribution >= 0.6 is 22.7 Å². The number of rotatable bonds is 9. The molecule has 0 fully saturated rings. The zero-order chi connectivity index (χ0) is 23.9. The molecule has 0 saturated heterocycles. The molecular formula is C24H22N4O4S2. The first-order valence-electron chi connectivity index (χ1n) is 10.4. The number of anilines is 1. The molecule has 0 saturated carbocycles. The predicted octanol–water partition coefficient (Wildman–Crippen LogP) is 5.04. The average molecular weight is 495 g/mol. The van der Waals surface area contributed by atoms with E-state index in [4.69, 9.17) is 9.15 Å². The summed E-state index contributed by atoms with van der Waals surface area (Å²) >= 11 is 2.89. The molecule has 0 bridgehead atoms. The molecular weight excluding hydrogens is 472 g/mol. The Labute approximate surface area is 204 Å². The van der Waals surface area contributed by atoms with Crippen molar-refractivity contribution in [3.8, 4) is 17.2 Å². The summed E-state index contributed by atoms with van der Waals surface area (Å²) in [5.41, 5.74) is 2.34. The fourth-order valence-electron chi connectivity index (χ4n) is 2.93. The number of carbonyl (C=O) groups is 2. The highest BCUT2D eigenvalue weighted by molar-refractivity contribution is 7.14. The lowest BCUT2D eigenvalue weighted by atomic mass is 10.2. The van der Waals surface area contributed by atoms with Gasteiger partial charge in [-0.05, 0) is 42.8 Å². The molecule has 0 unspecified atom stereocenters. The van der Waals surface area contributed by atoms with Crippen LogP contribution in [0.2, 0.25) is 0 Å². The van der Waals surface area contributed by atoms with Crippen LogP contribution in [0.1, 0.15) is 28.9 Å². The van der Waals surface area contributed by atoms with Gasteiger partial charge < -0.3 is 14.5 Å². The predicted molar refractivity (Wildman–Crippen MR) is 133 cm³/mol. The molecule has 4 rings (SSSR count). The van der Waals surface area contributed by atoms with E-state index in [0.717, 1.165) is 16.3 Å². The van der Waals surface area contributed by atoms with E-state index in [1.165, 1.54) is 24.3 Å². The third-order valence-electron chi connectivity index (χ3n) is 4.50. The van der Waals surface area contributed by atoms with E-state index in [9.17, 15) is 9.59 Å². The minimum absolute atomic E-state index is 0.130. The molecule has 0 atom stereocenters. The van der Waals surface area contributed by atoms with Crippen LogP contribution in [0.3, 0.4) is 0 Å². The highest BCUT2D eigenvalue weighted by Crippen LogP contribution is 2.26. The first-order valence-corrected chi connectivity index (χ1v) is 12.1. The van der Waals surface area contributed by atoms with Crippen molar-refractivity contribution in [1.29, 1.82) is 0 Å². The Morgan fingerprint density at radius 2 is 2.03 bits per heavy atom. The monoisotopic (exact) mass is 494 g/mol. The topological polar surface area (TPSA) is 106 Å². The van der Waals surface area contributed by atoms with E-state index in [0.29, 0.717) is 41.2 Å². The van der Waals surface area contributed by atoms with Gasteiger partial charge in [0.25, 0.3) is 0 Å². The number of hydrogen-bond acceptors (Lipinski definition) is 8. The minimum Gasteiger partial charge on any atom is -0.487 e. The molecule has 0 aliphatic carbocycles. The molecule has 0 radical (unpaired) electrons. The van der Waals surface area contributed by atoms with Gasteiger partial charge in [0.2, 0.25) is 11.8 Å². The molecule has 4 aromatic rings. The number of aromatic nitrogens is 2. The van der Waals surface area contributed by atoms with Gasteiger partial charge in [-0.25, -0.2) is 9.97 Å². The summed E-state index contributed by atoms with van der Waals surface area (Å²) in [6, 6.07) is 11.0. The fourth-order valence-corrected chi connectivity index (χ4v) is 4.23. The Bertz CT molecular complexity index is 1320. The van der Waals surface area contributed by atoms with Crippen molar-refractivity contribution in [2.45, 2.75) is 27.0 Å². The highest BCUT2D eigenvalue weighted by Gasteiger charge is 2.11. The summed E-state index contributed by atoms with van der Waals surface area (Å²) in [6.07, 6.45) is 3.16. The summed E-state index contributed by atoms with van der Waals surface area (Å²) in [6.45, 7) is 4.11. The number of hydrogen-bond donors (Lipinski definition) is 2. The van der Waals surface area contributed by atoms with Gasteiger partial charge in [-0.3, -0.25) is 14.9 Å². The van der Waals surface area contributed by atoms with Gasteiger partial charge in [0.15, 0.2) is 10.9 Å². The van der Waals surface area contributed by atoms with E-state index in [-0.39, 0.29) is 11.8 Å². The first kappa shape index (κ1) is 23.4. The van der Waals surface area contributed by atoms with Crippen molar-refractivity contribution in [3.05, 3.63) is 75.3 Å². The van der Waals surface area contributed by atoms with E-state index >= 15 is 0 Å². The summed E-state index contributed by atoms with van der Waals surface area (Å²) < 4.78 is 11.5. The zero-order valence-corrected chi connectivity index (χ0v) is 20.2. The van der Waals surface area contributed by atoms with Gasteiger partial charge in [0.05, 0.1) is 17.2 Å². The van der Waals surface area contributed by atoms with Crippen molar-refractivity contribution >= 4 is 45.7 Å². The Balaban J connectivity index is 1.31. The molecule has 1 aromatic carbocycles. The minimum atomic E-state index is -0.295. The van der Waals surface area contributed by atoms with Gasteiger partial charge in [-0.1, -0.05) is 12.1 Å². The van der Waals surface area contributed by atoms with E-state index in [2.05, 4.69) is 20.6 Å². The van der Waals surface area contributed by atoms with Crippen molar-refractivity contribution in [1.82, 2.24) is 15.3 Å². The lowest BCUT2D eigenvalue weighted by molar-refractivity contribution is -0.119. The molecule has 3 heterocycles. The van der Waals surface area contributed by atoms with Gasteiger partial charge in [0.1, 0.15) is 23.8 Å². The van der Waals surface area contributed by atoms with E-state index in [1.54, 1.807) is 34.9 Å². The fraction of sp³-hybridized carbons (Fsp3) is 0.167. The molecule has 0 aliphatic heterocycles. The average Bonchev–Trinajstić information content (AvgIpc) is 3.56. The molecule has 0 aliphatic rings. The van der Waals surface area contributed by atoms with Crippen LogP contribution in [0.25, 0.3) is 17.5 Å². The van der Waals surface area contributed by atoms with Crippen LogP contribution in [0, 0.1) is 6.92 Å². The Morgan fingerprint density at radius 1 is 1.15 bits per heavy atom. The lowest BCUT2D eigenvalue weighted by Gasteiger charge is -2.05. The van der Waals surface area contributed by atoms with Crippen LogP contribution in [-0.4, -0.2) is 21.8 Å². The summed E-state index contributed by atoms with van der Waals surface area (Å²) in [5.74, 6) is 1.47. The molecule has 2 N–H and O–H groups in total. The second-order valence-electron chi connectivity index (χ2n) is 7.26. The molecule has 174 valence electrons. The molecule has 0 spiro atoms. The van der Waals surface area contributed by atoms with Gasteiger partial charge in [-0.2, -0.15) is 0 Å². The number of aryl methyl sites for hydroxylation is 1. The first-order chi connectivity index (χ1) is 16.4. The van der Waals surface area contributed by atoms with E-state index in [1.807, 2.05) is 36.6 Å². The third kappa shape index (κ3) is 6.63. The number of amides is 2. The maximum atomic E-state index is 12.3. The molecule has 8 nitrogen and oxygen atoms in total. The second kappa shape index (κ2) is 10.9. The molecule has 2 amide bonds. The maximum Gasteiger partial charge on any atom is 0.250 e. The van der Waals surface area contributed by atoms with Crippen molar-refractivity contribution in [2.24, 2.45) is 0 Å². The van der Waals surface area contributed by atoms with E-state index < -0.39 is 0 Å². The number of ether oxygens (including phenoxy) is 1. The standard InChI is InChI=1S/C24H22N4O4S2/c1-15(29)25-11-20-7-8-22(32-20)21-14-34-24(27-21)28-23(30)9-6-17-4-3-5-19(10-17)31-12-18-13-33-16(2)26-18/h3-10,13-14H,11-12H2,1-2H3,(H,25,29)(H,27,28,30)/b9-6+. The highest BCUT2D eigenvalue weighted by atomic mass is 32.1. The van der Waals surface area contributed by atoms with Crippen LogP contribution in [0.4, 0.5) is 5.13 Å². The van der Waals surface area contributed by atoms with Crippen LogP contribution < -0.4 is 15.4 Å². The SMILES string of the molecule is CC(=O)NCc1ccc(-c2csc(NC(=O)/C=C/c3cccc(OCc4csc(C)n4)c3)n2)o1. The molecule has 10 heteroatoms. The summed E-state index contributed by atoms with van der Waals surface area (Å²) in [5, 5.41) is 10.7. The Morgan fingerprint density at radius 3 is 2.82 bits per heavy atom.